The highest BCUT2D eigenvalue weighted by atomic mass is 16.7. The van der Waals surface area contributed by atoms with Gasteiger partial charge in [0.05, 0.1) is 42.2 Å². The van der Waals surface area contributed by atoms with Crippen molar-refractivity contribution in [1.29, 1.82) is 0 Å². The molecule has 0 atom stereocenters. The molecule has 57 heavy (non-hydrogen) atoms. The zero-order valence-electron chi connectivity index (χ0n) is 35.9. The first-order valence-corrected chi connectivity index (χ1v) is 20.8. The first-order valence-electron chi connectivity index (χ1n) is 20.8. The Balaban J connectivity index is 0.000000261. The van der Waals surface area contributed by atoms with Crippen LogP contribution in [0.4, 0.5) is 0 Å². The van der Waals surface area contributed by atoms with E-state index in [0.29, 0.717) is 39.6 Å². The van der Waals surface area contributed by atoms with Crippen LogP contribution in [0, 0.1) is 0 Å². The fourth-order valence-corrected chi connectivity index (χ4v) is 5.80. The Hall–Kier alpha value is -2.93. The maximum Gasteiger partial charge on any atom is 0.494 e. The highest BCUT2D eigenvalue weighted by Gasteiger charge is 2.52. The van der Waals surface area contributed by atoms with Gasteiger partial charge in [-0.15, -0.1) is 0 Å². The number of unbranched alkanes of at least 4 members (excludes halogenated alkanes) is 2. The van der Waals surface area contributed by atoms with E-state index in [2.05, 4.69) is 67.5 Å². The maximum atomic E-state index is 8.68. The smallest absolute Gasteiger partial charge is 0.494 e. The van der Waals surface area contributed by atoms with Gasteiger partial charge in [-0.2, -0.15) is 0 Å². The molecule has 3 aromatic rings. The number of rotatable bonds is 23. The summed E-state index contributed by atoms with van der Waals surface area (Å²) < 4.78 is 52.7. The maximum absolute atomic E-state index is 8.68. The van der Waals surface area contributed by atoms with Gasteiger partial charge in [-0.3, -0.25) is 0 Å². The lowest BCUT2D eigenvalue weighted by Gasteiger charge is -2.32. The van der Waals surface area contributed by atoms with E-state index in [1.807, 2.05) is 66.7 Å². The lowest BCUT2D eigenvalue weighted by atomic mass is 9.79. The number of ether oxygens (including phenoxy) is 5. The molecular weight excluding hydrogens is 722 g/mol. The minimum atomic E-state index is -0.341. The molecule has 0 aliphatic carbocycles. The second-order valence-corrected chi connectivity index (χ2v) is 16.6. The molecule has 2 aliphatic rings. The van der Waals surface area contributed by atoms with Crippen LogP contribution in [0.2, 0.25) is 0 Å². The Morgan fingerprint density at radius 3 is 1.21 bits per heavy atom. The third-order valence-electron chi connectivity index (χ3n) is 10.9. The van der Waals surface area contributed by atoms with E-state index in [-0.39, 0.29) is 43.2 Å². The summed E-state index contributed by atoms with van der Waals surface area (Å²) in [7, 11) is -0.683. The van der Waals surface area contributed by atoms with Crippen LogP contribution in [0.5, 0.6) is 11.5 Å². The summed E-state index contributed by atoms with van der Waals surface area (Å²) in [6.45, 7) is 22.2. The van der Waals surface area contributed by atoms with E-state index in [9.17, 15) is 0 Å². The van der Waals surface area contributed by atoms with Crippen LogP contribution in [-0.4, -0.2) is 94.6 Å². The SMILES string of the molecule is CC1(C)OB(c2ccc(OCCCOCCCCO)cc2)OC1(C)C.CC1(C)OB(c2ccc(OCCCOCCCCOCc3ccccc3)cc2)OC1(C)C. The number of aliphatic hydroxyl groups is 1. The fourth-order valence-electron chi connectivity index (χ4n) is 5.80. The molecule has 0 unspecified atom stereocenters. The van der Waals surface area contributed by atoms with Crippen molar-refractivity contribution >= 4 is 25.2 Å². The largest absolute Gasteiger partial charge is 0.494 e. The topological polar surface area (TPSA) is 103 Å². The third-order valence-corrected chi connectivity index (χ3v) is 10.9. The van der Waals surface area contributed by atoms with Crippen LogP contribution in [0.15, 0.2) is 78.9 Å². The second-order valence-electron chi connectivity index (χ2n) is 16.6. The lowest BCUT2D eigenvalue weighted by Crippen LogP contribution is -2.41. The van der Waals surface area contributed by atoms with E-state index >= 15 is 0 Å². The monoisotopic (exact) mass is 790 g/mol. The molecule has 0 amide bonds. The summed E-state index contributed by atoms with van der Waals surface area (Å²) in [5.74, 6) is 1.68. The second kappa shape index (κ2) is 23.0. The van der Waals surface area contributed by atoms with Crippen LogP contribution in [0.25, 0.3) is 0 Å². The van der Waals surface area contributed by atoms with E-state index in [1.54, 1.807) is 0 Å². The molecule has 12 heteroatoms. The minimum absolute atomic E-state index is 0.231. The minimum Gasteiger partial charge on any atom is -0.494 e. The van der Waals surface area contributed by atoms with Gasteiger partial charge in [-0.05, 0) is 122 Å². The first-order chi connectivity index (χ1) is 27.2. The van der Waals surface area contributed by atoms with Gasteiger partial charge in [0.2, 0.25) is 0 Å². The van der Waals surface area contributed by atoms with Crippen LogP contribution >= 0.6 is 0 Å². The normalized spacial score (nSPS) is 17.6. The molecule has 2 aliphatic heterocycles. The molecule has 0 saturated carbocycles. The summed E-state index contributed by atoms with van der Waals surface area (Å²) in [6, 6.07) is 26.1. The first kappa shape index (κ1) is 46.8. The molecule has 2 heterocycles. The number of hydrogen-bond donors (Lipinski definition) is 1. The van der Waals surface area contributed by atoms with Crippen LogP contribution in [0.1, 0.15) is 99.5 Å². The van der Waals surface area contributed by atoms with Crippen molar-refractivity contribution in [3.05, 3.63) is 84.4 Å². The Kier molecular flexibility index (Phi) is 18.9. The van der Waals surface area contributed by atoms with Crippen molar-refractivity contribution in [2.45, 2.75) is 123 Å². The summed E-state index contributed by atoms with van der Waals surface area (Å²) >= 11 is 0. The van der Waals surface area contributed by atoms with E-state index in [4.69, 9.17) is 47.4 Å². The van der Waals surface area contributed by atoms with Crippen molar-refractivity contribution in [3.8, 4) is 11.5 Å². The summed E-state index contributed by atoms with van der Waals surface area (Å²) in [5, 5.41) is 8.68. The van der Waals surface area contributed by atoms with Crippen LogP contribution < -0.4 is 20.4 Å². The molecule has 0 spiro atoms. The lowest BCUT2D eigenvalue weighted by molar-refractivity contribution is 0.00578. The molecule has 314 valence electrons. The highest BCUT2D eigenvalue weighted by molar-refractivity contribution is 6.62. The van der Waals surface area contributed by atoms with Gasteiger partial charge in [0.1, 0.15) is 11.5 Å². The zero-order valence-corrected chi connectivity index (χ0v) is 35.9. The quantitative estimate of drug-likeness (QED) is 0.0778. The van der Waals surface area contributed by atoms with Crippen molar-refractivity contribution in [1.82, 2.24) is 0 Å². The van der Waals surface area contributed by atoms with Gasteiger partial charge in [0.25, 0.3) is 0 Å². The van der Waals surface area contributed by atoms with Gasteiger partial charge >= 0.3 is 14.2 Å². The van der Waals surface area contributed by atoms with Crippen molar-refractivity contribution in [2.24, 2.45) is 0 Å². The van der Waals surface area contributed by atoms with Gasteiger partial charge < -0.3 is 47.4 Å². The predicted molar refractivity (Wildman–Crippen MR) is 228 cm³/mol. The van der Waals surface area contributed by atoms with Crippen molar-refractivity contribution in [3.63, 3.8) is 0 Å². The van der Waals surface area contributed by atoms with Crippen molar-refractivity contribution in [2.75, 3.05) is 52.9 Å². The van der Waals surface area contributed by atoms with Gasteiger partial charge in [0, 0.05) is 52.5 Å². The molecule has 0 radical (unpaired) electrons. The summed E-state index contributed by atoms with van der Waals surface area (Å²) in [4.78, 5) is 0. The molecule has 1 N–H and O–H groups in total. The fraction of sp³-hybridized carbons (Fsp3) is 0.600. The van der Waals surface area contributed by atoms with E-state index in [0.717, 1.165) is 74.2 Å². The van der Waals surface area contributed by atoms with Crippen LogP contribution in [0.3, 0.4) is 0 Å². The summed E-state index contributed by atoms with van der Waals surface area (Å²) in [6.07, 6.45) is 5.43. The molecule has 5 rings (SSSR count). The molecule has 0 bridgehead atoms. The molecule has 0 aromatic heterocycles. The Bertz CT molecular complexity index is 1500. The Labute approximate surface area is 343 Å². The average molecular weight is 791 g/mol. The van der Waals surface area contributed by atoms with Gasteiger partial charge in [0.15, 0.2) is 0 Å². The molecular formula is C45H68B2O10. The zero-order chi connectivity index (χ0) is 41.2. The highest BCUT2D eigenvalue weighted by Crippen LogP contribution is 2.37. The van der Waals surface area contributed by atoms with E-state index < -0.39 is 0 Å². The standard InChI is InChI=1S/C26H37BO5.C19H31BO5/c1-25(2)26(3,4)32-27(31-25)23-13-15-24(16-14-23)30-20-10-19-28-17-8-9-18-29-21-22-11-6-5-7-12-22;1-18(2)19(3,4)25-20(24-18)16-8-10-17(11-9-16)23-15-7-14-22-13-6-5-12-21/h5-7,11-16H,8-10,17-21H2,1-4H3;8-11,21H,5-7,12-15H2,1-4H3. The Morgan fingerprint density at radius 1 is 0.439 bits per heavy atom. The van der Waals surface area contributed by atoms with Crippen LogP contribution in [-0.2, 0) is 39.4 Å². The summed E-state index contributed by atoms with van der Waals surface area (Å²) in [5.41, 5.74) is 1.90. The molecule has 2 saturated heterocycles. The number of aliphatic hydroxyl groups excluding tert-OH is 1. The average Bonchev–Trinajstić information content (AvgIpc) is 3.55. The van der Waals surface area contributed by atoms with Crippen molar-refractivity contribution < 1.29 is 47.4 Å². The molecule has 3 aromatic carbocycles. The Morgan fingerprint density at radius 2 is 0.807 bits per heavy atom. The van der Waals surface area contributed by atoms with E-state index in [1.165, 1.54) is 5.56 Å². The molecule has 2 fully saturated rings. The number of hydrogen-bond acceptors (Lipinski definition) is 10. The number of benzene rings is 3. The molecule has 10 nitrogen and oxygen atoms in total. The van der Waals surface area contributed by atoms with Gasteiger partial charge in [-0.1, -0.05) is 54.6 Å². The predicted octanol–water partition coefficient (Wildman–Crippen LogP) is 7.31. The third kappa shape index (κ3) is 15.3. The van der Waals surface area contributed by atoms with Gasteiger partial charge in [-0.25, -0.2) is 0 Å².